The van der Waals surface area contributed by atoms with Crippen molar-refractivity contribution in [3.8, 4) is 0 Å². The molecule has 1 aliphatic heterocycles. The number of rotatable bonds is 6. The van der Waals surface area contributed by atoms with Crippen LogP contribution < -0.4 is 10.0 Å². The second kappa shape index (κ2) is 6.63. The summed E-state index contributed by atoms with van der Waals surface area (Å²) in [5.74, 6) is -1.34. The fraction of sp³-hybridized carbons (Fsp3) is 0.615. The number of hydrogen-bond donors (Lipinski definition) is 4. The number of thiophene rings is 1. The molecule has 0 fully saturated rings. The van der Waals surface area contributed by atoms with Crippen LogP contribution in [0.1, 0.15) is 34.6 Å². The van der Waals surface area contributed by atoms with E-state index in [-0.39, 0.29) is 22.3 Å². The number of nitrogens with one attached hydrogen (secondary N) is 2. The van der Waals surface area contributed by atoms with E-state index < -0.39 is 22.0 Å². The van der Waals surface area contributed by atoms with Crippen molar-refractivity contribution in [1.82, 2.24) is 10.0 Å². The average Bonchev–Trinajstić information content (AvgIpc) is 2.84. The average molecular weight is 348 g/mol. The molecule has 124 valence electrons. The van der Waals surface area contributed by atoms with Crippen molar-refractivity contribution in [3.05, 3.63) is 16.0 Å². The third-order valence-corrected chi connectivity index (χ3v) is 6.90. The van der Waals surface area contributed by atoms with Crippen molar-refractivity contribution in [3.63, 3.8) is 0 Å². The van der Waals surface area contributed by atoms with Gasteiger partial charge in [-0.2, -0.15) is 0 Å². The van der Waals surface area contributed by atoms with Crippen molar-refractivity contribution in [2.24, 2.45) is 5.92 Å². The van der Waals surface area contributed by atoms with Gasteiger partial charge in [-0.15, -0.1) is 11.3 Å². The lowest BCUT2D eigenvalue weighted by Crippen LogP contribution is -2.41. The number of fused-ring (bicyclic) bond motifs is 1. The summed E-state index contributed by atoms with van der Waals surface area (Å²) >= 11 is 0.986. The minimum Gasteiger partial charge on any atom is -0.478 e. The zero-order valence-corrected chi connectivity index (χ0v) is 14.1. The number of carboxylic acid groups (broad SMARTS) is 1. The van der Waals surface area contributed by atoms with Crippen LogP contribution in [0, 0.1) is 5.92 Å². The number of sulfonamides is 1. The molecule has 0 unspecified atom stereocenters. The zero-order valence-electron chi connectivity index (χ0n) is 12.4. The third-order valence-electron chi connectivity index (χ3n) is 3.66. The lowest BCUT2D eigenvalue weighted by molar-refractivity contribution is 0.0692. The lowest BCUT2D eigenvalue weighted by atomic mass is 10.1. The summed E-state index contributed by atoms with van der Waals surface area (Å²) in [6.07, 6.45) is 0.497. The van der Waals surface area contributed by atoms with Gasteiger partial charge in [0.15, 0.2) is 0 Å². The Hall–Kier alpha value is -1.00. The first-order chi connectivity index (χ1) is 10.3. The predicted molar refractivity (Wildman–Crippen MR) is 82.7 cm³/mol. The Kier molecular flexibility index (Phi) is 5.23. The highest BCUT2D eigenvalue weighted by Gasteiger charge is 2.33. The lowest BCUT2D eigenvalue weighted by Gasteiger charge is -2.19. The first kappa shape index (κ1) is 17.4. The van der Waals surface area contributed by atoms with Crippen molar-refractivity contribution in [2.45, 2.75) is 37.1 Å². The Morgan fingerprint density at radius 2 is 2.14 bits per heavy atom. The number of aliphatic hydroxyl groups excluding tert-OH is 1. The van der Waals surface area contributed by atoms with E-state index >= 15 is 0 Å². The van der Waals surface area contributed by atoms with E-state index in [4.69, 9.17) is 0 Å². The largest absolute Gasteiger partial charge is 0.478 e. The summed E-state index contributed by atoms with van der Waals surface area (Å²) in [6.45, 7) is 4.33. The molecule has 0 bridgehead atoms. The molecule has 2 rings (SSSR count). The molecular formula is C13H20N2O5S2. The molecule has 1 aliphatic rings. The highest BCUT2D eigenvalue weighted by Crippen LogP contribution is 2.34. The Morgan fingerprint density at radius 3 is 2.68 bits per heavy atom. The molecule has 0 saturated heterocycles. The summed E-state index contributed by atoms with van der Waals surface area (Å²) in [7, 11) is -3.99. The van der Waals surface area contributed by atoms with E-state index in [1.807, 2.05) is 0 Å². The Labute approximate surface area is 133 Å². The maximum atomic E-state index is 12.6. The number of aliphatic hydroxyl groups is 1. The normalized spacial score (nSPS) is 16.5. The van der Waals surface area contributed by atoms with Crippen LogP contribution in [0.3, 0.4) is 0 Å². The van der Waals surface area contributed by atoms with Crippen LogP contribution >= 0.6 is 11.3 Å². The molecule has 4 N–H and O–H groups in total. The van der Waals surface area contributed by atoms with Crippen LogP contribution in [0.25, 0.3) is 0 Å². The van der Waals surface area contributed by atoms with E-state index in [1.165, 1.54) is 0 Å². The Morgan fingerprint density at radius 1 is 1.45 bits per heavy atom. The molecule has 0 aliphatic carbocycles. The van der Waals surface area contributed by atoms with Crippen LogP contribution in [-0.4, -0.2) is 43.8 Å². The summed E-state index contributed by atoms with van der Waals surface area (Å²) in [4.78, 5) is 12.3. The summed E-state index contributed by atoms with van der Waals surface area (Å²) < 4.78 is 27.3. The van der Waals surface area contributed by atoms with Gasteiger partial charge in [-0.1, -0.05) is 13.8 Å². The molecule has 0 spiro atoms. The van der Waals surface area contributed by atoms with Gasteiger partial charge in [-0.3, -0.25) is 0 Å². The molecule has 0 amide bonds. The number of hydrogen-bond acceptors (Lipinski definition) is 6. The van der Waals surface area contributed by atoms with Crippen molar-refractivity contribution in [2.75, 3.05) is 13.2 Å². The highest BCUT2D eigenvalue weighted by atomic mass is 32.2. The molecule has 2 heterocycles. The zero-order chi connectivity index (χ0) is 16.5. The summed E-state index contributed by atoms with van der Waals surface area (Å²) in [5.41, 5.74) is 0.469. The number of carbonyl (C=O) groups is 1. The third kappa shape index (κ3) is 3.33. The Bertz CT molecular complexity index is 666. The monoisotopic (exact) mass is 348 g/mol. The molecule has 0 radical (unpaired) electrons. The maximum Gasteiger partial charge on any atom is 0.338 e. The highest BCUT2D eigenvalue weighted by molar-refractivity contribution is 7.91. The smallest absolute Gasteiger partial charge is 0.338 e. The predicted octanol–water partition coefficient (Wildman–Crippen LogP) is 0.387. The van der Waals surface area contributed by atoms with Gasteiger partial charge >= 0.3 is 5.97 Å². The van der Waals surface area contributed by atoms with Crippen LogP contribution in [0.15, 0.2) is 4.21 Å². The SMILES string of the molecule is CC(C)[C@H](CO)NS(=O)(=O)c1sc2c(c1C(=O)O)CCNC2. The second-order valence-corrected chi connectivity index (χ2v) is 8.57. The van der Waals surface area contributed by atoms with Gasteiger partial charge in [0.05, 0.1) is 12.2 Å². The fourth-order valence-corrected chi connectivity index (χ4v) is 5.61. The Balaban J connectivity index is 2.47. The van der Waals surface area contributed by atoms with E-state index in [1.54, 1.807) is 13.8 Å². The van der Waals surface area contributed by atoms with E-state index in [0.29, 0.717) is 25.1 Å². The molecule has 9 heteroatoms. The molecule has 1 aromatic rings. The quantitative estimate of drug-likeness (QED) is 0.591. The minimum absolute atomic E-state index is 0.107. The van der Waals surface area contributed by atoms with Gasteiger partial charge < -0.3 is 15.5 Å². The van der Waals surface area contributed by atoms with Gasteiger partial charge in [0.2, 0.25) is 0 Å². The van der Waals surface area contributed by atoms with Crippen LogP contribution in [0.2, 0.25) is 0 Å². The van der Waals surface area contributed by atoms with Gasteiger partial charge in [0.25, 0.3) is 10.0 Å². The van der Waals surface area contributed by atoms with Gasteiger partial charge in [0.1, 0.15) is 4.21 Å². The first-order valence-electron chi connectivity index (χ1n) is 6.99. The molecular weight excluding hydrogens is 328 g/mol. The van der Waals surface area contributed by atoms with Gasteiger partial charge in [-0.25, -0.2) is 17.9 Å². The van der Waals surface area contributed by atoms with Gasteiger partial charge in [0, 0.05) is 17.5 Å². The number of carboxylic acids is 1. The minimum atomic E-state index is -3.99. The van der Waals surface area contributed by atoms with Crippen molar-refractivity contribution >= 4 is 27.3 Å². The molecule has 1 aromatic heterocycles. The summed E-state index contributed by atoms with van der Waals surface area (Å²) in [5, 5.41) is 21.8. The standard InChI is InChI=1S/C13H20N2O5S2/c1-7(2)9(6-16)15-22(19,20)13-11(12(17)18)8-3-4-14-5-10(8)21-13/h7,9,14-16H,3-6H2,1-2H3,(H,17,18)/t9-/m0/s1. The first-order valence-corrected chi connectivity index (χ1v) is 9.29. The molecule has 1 atom stereocenters. The molecule has 0 saturated carbocycles. The van der Waals surface area contributed by atoms with Crippen molar-refractivity contribution < 1.29 is 23.4 Å². The van der Waals surface area contributed by atoms with Crippen LogP contribution in [0.4, 0.5) is 0 Å². The van der Waals surface area contributed by atoms with Crippen molar-refractivity contribution in [1.29, 1.82) is 0 Å². The fourth-order valence-electron chi connectivity index (χ4n) is 2.35. The van der Waals surface area contributed by atoms with E-state index in [2.05, 4.69) is 10.0 Å². The topological polar surface area (TPSA) is 116 Å². The maximum absolute atomic E-state index is 12.6. The second-order valence-electron chi connectivity index (χ2n) is 5.55. The molecule has 7 nitrogen and oxygen atoms in total. The van der Waals surface area contributed by atoms with E-state index in [0.717, 1.165) is 16.2 Å². The molecule has 22 heavy (non-hydrogen) atoms. The van der Waals surface area contributed by atoms with Crippen LogP contribution in [0.5, 0.6) is 0 Å². The van der Waals surface area contributed by atoms with Gasteiger partial charge in [-0.05, 0) is 24.4 Å². The summed E-state index contributed by atoms with van der Waals surface area (Å²) in [6, 6.07) is -0.649. The van der Waals surface area contributed by atoms with E-state index in [9.17, 15) is 23.4 Å². The molecule has 0 aromatic carbocycles. The van der Waals surface area contributed by atoms with Crippen LogP contribution in [-0.2, 0) is 23.0 Å². The number of aromatic carboxylic acids is 1.